The Morgan fingerprint density at radius 1 is 1.44 bits per heavy atom. The summed E-state index contributed by atoms with van der Waals surface area (Å²) in [6.45, 7) is 2.34. The van der Waals surface area contributed by atoms with Gasteiger partial charge in [-0.3, -0.25) is 0 Å². The quantitative estimate of drug-likeness (QED) is 0.831. The topological polar surface area (TPSA) is 42.2 Å². The first-order valence-corrected chi connectivity index (χ1v) is 6.12. The molecule has 1 aromatic heterocycles. The van der Waals surface area contributed by atoms with E-state index in [-0.39, 0.29) is 0 Å². The SMILES string of the molecule is CC1CCCC(N(C)c2ncccc2N)C1. The minimum absolute atomic E-state index is 0.598. The highest BCUT2D eigenvalue weighted by Gasteiger charge is 2.23. The zero-order valence-electron chi connectivity index (χ0n) is 10.2. The Hall–Kier alpha value is -1.25. The number of nitrogens with zero attached hydrogens (tertiary/aromatic N) is 2. The normalized spacial score (nSPS) is 25.4. The van der Waals surface area contributed by atoms with Gasteiger partial charge in [0.15, 0.2) is 5.82 Å². The third-order valence-electron chi connectivity index (χ3n) is 3.61. The lowest BCUT2D eigenvalue weighted by atomic mass is 9.86. The highest BCUT2D eigenvalue weighted by Crippen LogP contribution is 2.30. The maximum absolute atomic E-state index is 5.96. The average Bonchev–Trinajstić information content (AvgIpc) is 2.29. The molecule has 0 aromatic carbocycles. The van der Waals surface area contributed by atoms with Crippen molar-refractivity contribution >= 4 is 11.5 Å². The molecule has 2 atom stereocenters. The van der Waals surface area contributed by atoms with E-state index in [0.29, 0.717) is 6.04 Å². The molecule has 1 aliphatic rings. The molecule has 3 heteroatoms. The Balaban J connectivity index is 2.12. The predicted octanol–water partition coefficient (Wildman–Crippen LogP) is 2.68. The number of hydrogen-bond donors (Lipinski definition) is 1. The number of aromatic nitrogens is 1. The van der Waals surface area contributed by atoms with Crippen LogP contribution in [0, 0.1) is 5.92 Å². The number of nitrogens with two attached hydrogens (primary N) is 1. The first-order chi connectivity index (χ1) is 7.68. The molecule has 1 aromatic rings. The Morgan fingerprint density at radius 3 is 2.94 bits per heavy atom. The van der Waals surface area contributed by atoms with E-state index in [1.807, 2.05) is 18.3 Å². The van der Waals surface area contributed by atoms with Crippen LogP contribution in [0.3, 0.4) is 0 Å². The summed E-state index contributed by atoms with van der Waals surface area (Å²) in [5.74, 6) is 1.76. The summed E-state index contributed by atoms with van der Waals surface area (Å²) in [7, 11) is 2.11. The van der Waals surface area contributed by atoms with Crippen LogP contribution in [0.5, 0.6) is 0 Å². The molecule has 2 N–H and O–H groups in total. The van der Waals surface area contributed by atoms with E-state index in [0.717, 1.165) is 17.4 Å². The fraction of sp³-hybridized carbons (Fsp3) is 0.615. The van der Waals surface area contributed by atoms with Crippen molar-refractivity contribution in [3.8, 4) is 0 Å². The third-order valence-corrected chi connectivity index (χ3v) is 3.61. The lowest BCUT2D eigenvalue weighted by molar-refractivity contribution is 0.336. The molecule has 1 heterocycles. The van der Waals surface area contributed by atoms with Gasteiger partial charge in [-0.15, -0.1) is 0 Å². The van der Waals surface area contributed by atoms with Crippen LogP contribution < -0.4 is 10.6 Å². The Bertz CT molecular complexity index is 351. The molecule has 0 bridgehead atoms. The van der Waals surface area contributed by atoms with Crippen LogP contribution >= 0.6 is 0 Å². The van der Waals surface area contributed by atoms with Crippen LogP contribution in [0.15, 0.2) is 18.3 Å². The van der Waals surface area contributed by atoms with Gasteiger partial charge in [0.25, 0.3) is 0 Å². The van der Waals surface area contributed by atoms with Crippen LogP contribution in [0.4, 0.5) is 11.5 Å². The van der Waals surface area contributed by atoms with Crippen molar-refractivity contribution in [2.24, 2.45) is 5.92 Å². The zero-order chi connectivity index (χ0) is 11.5. The number of pyridine rings is 1. The summed E-state index contributed by atoms with van der Waals surface area (Å²) in [6, 6.07) is 4.40. The summed E-state index contributed by atoms with van der Waals surface area (Å²) in [4.78, 5) is 6.63. The van der Waals surface area contributed by atoms with Gasteiger partial charge in [0.05, 0.1) is 5.69 Å². The summed E-state index contributed by atoms with van der Waals surface area (Å²) in [6.07, 6.45) is 7.02. The Morgan fingerprint density at radius 2 is 2.25 bits per heavy atom. The van der Waals surface area contributed by atoms with Gasteiger partial charge in [-0.25, -0.2) is 4.98 Å². The average molecular weight is 219 g/mol. The molecular formula is C13H21N3. The maximum atomic E-state index is 5.96. The molecule has 0 spiro atoms. The number of rotatable bonds is 2. The van der Waals surface area contributed by atoms with E-state index in [2.05, 4.69) is 23.9 Å². The second-order valence-electron chi connectivity index (χ2n) is 4.95. The van der Waals surface area contributed by atoms with E-state index < -0.39 is 0 Å². The fourth-order valence-electron chi connectivity index (χ4n) is 2.63. The van der Waals surface area contributed by atoms with Crippen LogP contribution in [-0.4, -0.2) is 18.1 Å². The van der Waals surface area contributed by atoms with Gasteiger partial charge in [0.1, 0.15) is 0 Å². The monoisotopic (exact) mass is 219 g/mol. The van der Waals surface area contributed by atoms with Crippen molar-refractivity contribution in [3.05, 3.63) is 18.3 Å². The summed E-state index contributed by atoms with van der Waals surface area (Å²) >= 11 is 0. The van der Waals surface area contributed by atoms with Crippen molar-refractivity contribution in [1.29, 1.82) is 0 Å². The second-order valence-corrected chi connectivity index (χ2v) is 4.95. The number of anilines is 2. The largest absolute Gasteiger partial charge is 0.396 e. The molecule has 2 rings (SSSR count). The van der Waals surface area contributed by atoms with Gasteiger partial charge >= 0.3 is 0 Å². The number of hydrogen-bond acceptors (Lipinski definition) is 3. The van der Waals surface area contributed by atoms with Gasteiger partial charge in [0.2, 0.25) is 0 Å². The highest BCUT2D eigenvalue weighted by molar-refractivity contribution is 5.62. The molecule has 0 saturated heterocycles. The molecule has 0 radical (unpaired) electrons. The summed E-state index contributed by atoms with van der Waals surface area (Å²) in [5.41, 5.74) is 6.74. The van der Waals surface area contributed by atoms with E-state index in [9.17, 15) is 0 Å². The molecule has 88 valence electrons. The Kier molecular flexibility index (Phi) is 3.32. The van der Waals surface area contributed by atoms with Crippen molar-refractivity contribution in [3.63, 3.8) is 0 Å². The maximum Gasteiger partial charge on any atom is 0.151 e. The van der Waals surface area contributed by atoms with Gasteiger partial charge in [-0.2, -0.15) is 0 Å². The molecule has 0 aliphatic heterocycles. The molecular weight excluding hydrogens is 198 g/mol. The lowest BCUT2D eigenvalue weighted by Gasteiger charge is -2.35. The van der Waals surface area contributed by atoms with E-state index in [1.165, 1.54) is 25.7 Å². The summed E-state index contributed by atoms with van der Waals surface area (Å²) in [5, 5.41) is 0. The summed E-state index contributed by atoms with van der Waals surface area (Å²) < 4.78 is 0. The van der Waals surface area contributed by atoms with Crippen molar-refractivity contribution in [2.75, 3.05) is 17.7 Å². The van der Waals surface area contributed by atoms with Crippen LogP contribution in [-0.2, 0) is 0 Å². The molecule has 3 nitrogen and oxygen atoms in total. The van der Waals surface area contributed by atoms with E-state index in [4.69, 9.17) is 5.73 Å². The third kappa shape index (κ3) is 2.29. The molecule has 1 fully saturated rings. The van der Waals surface area contributed by atoms with Crippen molar-refractivity contribution in [2.45, 2.75) is 38.6 Å². The van der Waals surface area contributed by atoms with Crippen molar-refractivity contribution in [1.82, 2.24) is 4.98 Å². The molecule has 1 saturated carbocycles. The second kappa shape index (κ2) is 4.73. The van der Waals surface area contributed by atoms with Gasteiger partial charge in [-0.05, 0) is 30.9 Å². The molecule has 1 aliphatic carbocycles. The first kappa shape index (κ1) is 11.2. The van der Waals surface area contributed by atoms with Gasteiger partial charge in [0, 0.05) is 19.3 Å². The van der Waals surface area contributed by atoms with Gasteiger partial charge in [-0.1, -0.05) is 19.8 Å². The molecule has 16 heavy (non-hydrogen) atoms. The minimum Gasteiger partial charge on any atom is -0.396 e. The molecule has 2 unspecified atom stereocenters. The predicted molar refractivity (Wildman–Crippen MR) is 68.5 cm³/mol. The standard InChI is InChI=1S/C13H21N3/c1-10-5-3-6-11(9-10)16(2)13-12(14)7-4-8-15-13/h4,7-8,10-11H,3,5-6,9,14H2,1-2H3. The van der Waals surface area contributed by atoms with E-state index >= 15 is 0 Å². The highest BCUT2D eigenvalue weighted by atomic mass is 15.2. The fourth-order valence-corrected chi connectivity index (χ4v) is 2.63. The zero-order valence-corrected chi connectivity index (χ0v) is 10.2. The van der Waals surface area contributed by atoms with Crippen LogP contribution in [0.2, 0.25) is 0 Å². The van der Waals surface area contributed by atoms with Crippen LogP contribution in [0.25, 0.3) is 0 Å². The number of nitrogen functional groups attached to an aromatic ring is 1. The minimum atomic E-state index is 0.598. The first-order valence-electron chi connectivity index (χ1n) is 6.12. The lowest BCUT2D eigenvalue weighted by Crippen LogP contribution is -2.36. The Labute approximate surface area is 97.7 Å². The van der Waals surface area contributed by atoms with E-state index in [1.54, 1.807) is 0 Å². The molecule has 0 amide bonds. The van der Waals surface area contributed by atoms with Gasteiger partial charge < -0.3 is 10.6 Å². The smallest absolute Gasteiger partial charge is 0.151 e. The van der Waals surface area contributed by atoms with Crippen molar-refractivity contribution < 1.29 is 0 Å². The van der Waals surface area contributed by atoms with Crippen LogP contribution in [0.1, 0.15) is 32.6 Å².